The second-order valence-electron chi connectivity index (χ2n) is 9.11. The van der Waals surface area contributed by atoms with Crippen LogP contribution >= 0.6 is 11.3 Å². The fraction of sp³-hybridized carbons (Fsp3) is 0.250. The Kier molecular flexibility index (Phi) is 5.70. The molecule has 6 rings (SSSR count). The van der Waals surface area contributed by atoms with Crippen molar-refractivity contribution < 1.29 is 4.79 Å². The molecule has 1 unspecified atom stereocenters. The maximum absolute atomic E-state index is 13.1. The molecule has 1 aliphatic carbocycles. The molecular weight excluding hydrogens is 456 g/mol. The molecule has 0 spiro atoms. The maximum atomic E-state index is 13.1. The van der Waals surface area contributed by atoms with Crippen molar-refractivity contribution in [3.63, 3.8) is 0 Å². The summed E-state index contributed by atoms with van der Waals surface area (Å²) in [5.41, 5.74) is 2.98. The van der Waals surface area contributed by atoms with Crippen LogP contribution in [0, 0.1) is 0 Å². The van der Waals surface area contributed by atoms with E-state index in [-0.39, 0.29) is 23.4 Å². The Balaban J connectivity index is 1.20. The Bertz CT molecular complexity index is 1560. The largest absolute Gasteiger partial charge is 0.361 e. The number of rotatable bonds is 8. The number of benzene rings is 2. The predicted molar refractivity (Wildman–Crippen MR) is 140 cm³/mol. The summed E-state index contributed by atoms with van der Waals surface area (Å²) < 4.78 is 1.82. The van der Waals surface area contributed by atoms with Gasteiger partial charge in [-0.2, -0.15) is 0 Å². The van der Waals surface area contributed by atoms with Gasteiger partial charge in [0.15, 0.2) is 0 Å². The molecule has 35 heavy (non-hydrogen) atoms. The third-order valence-electron chi connectivity index (χ3n) is 6.76. The predicted octanol–water partition coefficient (Wildman–Crippen LogP) is 5.16. The van der Waals surface area contributed by atoms with Crippen LogP contribution in [0.5, 0.6) is 0 Å². The molecule has 5 aromatic rings. The number of aryl methyl sites for hydroxylation is 1. The molecule has 1 saturated carbocycles. The highest BCUT2D eigenvalue weighted by atomic mass is 32.1. The maximum Gasteiger partial charge on any atom is 0.261 e. The number of fused-ring (bicyclic) bond motifs is 2. The minimum atomic E-state index is -0.0313. The smallest absolute Gasteiger partial charge is 0.261 e. The summed E-state index contributed by atoms with van der Waals surface area (Å²) >= 11 is 1.70. The standard InChI is InChI=1S/C28H26N4O2S/c33-27(14-13-26-31-24-9-4-2-7-20(24)28(34)32(26)18-11-12-18)30-17-22(25-10-5-15-35-25)21-16-29-23-8-3-1-6-19(21)23/h1-10,15-16,18,22,29H,11-14,17H2,(H,30,33). The van der Waals surface area contributed by atoms with E-state index in [1.807, 2.05) is 47.0 Å². The lowest BCUT2D eigenvalue weighted by atomic mass is 9.96. The molecule has 1 fully saturated rings. The highest BCUT2D eigenvalue weighted by Gasteiger charge is 2.28. The third kappa shape index (κ3) is 4.28. The molecule has 2 aromatic carbocycles. The van der Waals surface area contributed by atoms with Crippen molar-refractivity contribution in [3.05, 3.63) is 98.9 Å². The quantitative estimate of drug-likeness (QED) is 0.321. The van der Waals surface area contributed by atoms with Gasteiger partial charge >= 0.3 is 0 Å². The van der Waals surface area contributed by atoms with Crippen molar-refractivity contribution in [2.24, 2.45) is 0 Å². The molecule has 7 heteroatoms. The van der Waals surface area contributed by atoms with Crippen molar-refractivity contribution in [2.75, 3.05) is 6.54 Å². The summed E-state index contributed by atoms with van der Waals surface area (Å²) in [6.07, 6.45) is 4.77. The van der Waals surface area contributed by atoms with E-state index in [9.17, 15) is 9.59 Å². The molecule has 0 aliphatic heterocycles. The van der Waals surface area contributed by atoms with Crippen LogP contribution in [0.3, 0.4) is 0 Å². The van der Waals surface area contributed by atoms with Crippen molar-refractivity contribution in [1.29, 1.82) is 0 Å². The molecule has 6 nitrogen and oxygen atoms in total. The minimum Gasteiger partial charge on any atom is -0.361 e. The van der Waals surface area contributed by atoms with Gasteiger partial charge in [0.05, 0.1) is 10.9 Å². The number of nitrogens with one attached hydrogen (secondary N) is 2. The molecule has 0 bridgehead atoms. The van der Waals surface area contributed by atoms with Crippen LogP contribution in [-0.4, -0.2) is 27.0 Å². The average molecular weight is 483 g/mol. The average Bonchev–Trinajstić information content (AvgIpc) is 3.39. The monoisotopic (exact) mass is 482 g/mol. The zero-order valence-corrected chi connectivity index (χ0v) is 20.1. The first-order valence-electron chi connectivity index (χ1n) is 12.1. The normalized spacial score (nSPS) is 14.4. The lowest BCUT2D eigenvalue weighted by molar-refractivity contribution is -0.121. The lowest BCUT2D eigenvalue weighted by Gasteiger charge is -2.17. The van der Waals surface area contributed by atoms with Gasteiger partial charge in [0.2, 0.25) is 5.91 Å². The third-order valence-corrected chi connectivity index (χ3v) is 7.74. The summed E-state index contributed by atoms with van der Waals surface area (Å²) in [6.45, 7) is 0.516. The van der Waals surface area contributed by atoms with Gasteiger partial charge in [0, 0.05) is 53.3 Å². The second kappa shape index (κ2) is 9.15. The first-order valence-corrected chi connectivity index (χ1v) is 12.9. The molecule has 3 aromatic heterocycles. The highest BCUT2D eigenvalue weighted by molar-refractivity contribution is 7.10. The van der Waals surface area contributed by atoms with Crippen molar-refractivity contribution in [1.82, 2.24) is 19.9 Å². The van der Waals surface area contributed by atoms with Gasteiger partial charge in [-0.05, 0) is 48.1 Å². The summed E-state index contributed by atoms with van der Waals surface area (Å²) in [6, 6.07) is 20.1. The molecule has 3 heterocycles. The molecule has 0 saturated heterocycles. The van der Waals surface area contributed by atoms with E-state index in [2.05, 4.69) is 40.1 Å². The van der Waals surface area contributed by atoms with Gasteiger partial charge in [-0.3, -0.25) is 14.2 Å². The summed E-state index contributed by atoms with van der Waals surface area (Å²) in [7, 11) is 0. The Morgan fingerprint density at radius 2 is 1.89 bits per heavy atom. The van der Waals surface area contributed by atoms with Crippen molar-refractivity contribution >= 4 is 39.0 Å². The Morgan fingerprint density at radius 3 is 2.69 bits per heavy atom. The summed E-state index contributed by atoms with van der Waals surface area (Å²) in [5.74, 6) is 0.743. The number of H-pyrrole nitrogens is 1. The number of aromatic nitrogens is 3. The van der Waals surface area contributed by atoms with Gasteiger partial charge in [0.1, 0.15) is 5.82 Å². The summed E-state index contributed by atoms with van der Waals surface area (Å²) in [4.78, 5) is 35.4. The van der Waals surface area contributed by atoms with Gasteiger partial charge in [0.25, 0.3) is 5.56 Å². The number of hydrogen-bond acceptors (Lipinski definition) is 4. The summed E-state index contributed by atoms with van der Waals surface area (Å²) in [5, 5.41) is 7.04. The first-order chi connectivity index (χ1) is 17.2. The van der Waals surface area contributed by atoms with E-state index >= 15 is 0 Å². The van der Waals surface area contributed by atoms with Crippen LogP contribution in [0.15, 0.2) is 77.0 Å². The fourth-order valence-electron chi connectivity index (χ4n) is 4.84. The van der Waals surface area contributed by atoms with Gasteiger partial charge in [-0.1, -0.05) is 36.4 Å². The molecule has 1 amide bonds. The van der Waals surface area contributed by atoms with Crippen LogP contribution in [0.1, 0.15) is 47.5 Å². The van der Waals surface area contributed by atoms with E-state index < -0.39 is 0 Å². The number of thiophene rings is 1. The number of nitrogens with zero attached hydrogens (tertiary/aromatic N) is 2. The van der Waals surface area contributed by atoms with Gasteiger partial charge in [-0.25, -0.2) is 4.98 Å². The number of carbonyl (C=O) groups is 1. The molecular formula is C28H26N4O2S. The molecule has 1 aliphatic rings. The number of carbonyl (C=O) groups excluding carboxylic acids is 1. The molecule has 1 atom stereocenters. The highest BCUT2D eigenvalue weighted by Crippen LogP contribution is 2.35. The van der Waals surface area contributed by atoms with E-state index in [4.69, 9.17) is 4.98 Å². The molecule has 176 valence electrons. The lowest BCUT2D eigenvalue weighted by Crippen LogP contribution is -2.30. The fourth-order valence-corrected chi connectivity index (χ4v) is 5.69. The van der Waals surface area contributed by atoms with Crippen LogP contribution in [0.2, 0.25) is 0 Å². The Hall–Kier alpha value is -3.71. The minimum absolute atomic E-state index is 0.00519. The van der Waals surface area contributed by atoms with E-state index in [1.54, 1.807) is 11.3 Å². The van der Waals surface area contributed by atoms with E-state index in [0.717, 1.165) is 18.4 Å². The Labute approximate surface area is 206 Å². The Morgan fingerprint density at radius 1 is 1.09 bits per heavy atom. The first kappa shape index (κ1) is 21.8. The van der Waals surface area contributed by atoms with Crippen molar-refractivity contribution in [3.8, 4) is 0 Å². The number of amides is 1. The van der Waals surface area contributed by atoms with Gasteiger partial charge in [-0.15, -0.1) is 11.3 Å². The van der Waals surface area contributed by atoms with Crippen LogP contribution in [0.25, 0.3) is 21.8 Å². The number of hydrogen-bond donors (Lipinski definition) is 2. The van der Waals surface area contributed by atoms with Crippen LogP contribution in [0.4, 0.5) is 0 Å². The SMILES string of the molecule is O=C(CCc1nc2ccccc2c(=O)n1C1CC1)NCC(c1cccs1)c1c[nH]c2ccccc12. The van der Waals surface area contributed by atoms with Crippen LogP contribution < -0.4 is 10.9 Å². The molecule has 2 N–H and O–H groups in total. The topological polar surface area (TPSA) is 79.8 Å². The zero-order valence-electron chi connectivity index (χ0n) is 19.2. The zero-order chi connectivity index (χ0) is 23.8. The van der Waals surface area contributed by atoms with Crippen LogP contribution in [-0.2, 0) is 11.2 Å². The van der Waals surface area contributed by atoms with E-state index in [0.29, 0.717) is 36.1 Å². The second-order valence-corrected chi connectivity index (χ2v) is 10.1. The van der Waals surface area contributed by atoms with Crippen molar-refractivity contribution in [2.45, 2.75) is 37.6 Å². The number of aromatic amines is 1. The van der Waals surface area contributed by atoms with Gasteiger partial charge < -0.3 is 10.3 Å². The van der Waals surface area contributed by atoms with E-state index in [1.165, 1.54) is 15.8 Å². The number of para-hydroxylation sites is 2. The molecule has 0 radical (unpaired) electrons.